The quantitative estimate of drug-likeness (QED) is 0.251. The van der Waals surface area contributed by atoms with Gasteiger partial charge in [0.1, 0.15) is 0 Å². The van der Waals surface area contributed by atoms with Gasteiger partial charge in [-0.05, 0) is 142 Å². The number of rotatable bonds is 7. The molecule has 0 aromatic heterocycles. The number of esters is 5. The number of nitriles is 1. The number of carbonyl (C=O) groups excluding carboxylic acids is 6. The summed E-state index contributed by atoms with van der Waals surface area (Å²) in [5.74, 6) is 10.2. The smallest absolute Gasteiger partial charge is 0.312 e. The average molecular weight is 819 g/mol. The molecule has 3 N–H and O–H groups in total. The summed E-state index contributed by atoms with van der Waals surface area (Å²) in [6.07, 6.45) is 0. The van der Waals surface area contributed by atoms with Gasteiger partial charge in [-0.3, -0.25) is 33.6 Å². The number of aliphatic carboxylic acids is 1. The zero-order chi connectivity index (χ0) is 41.1. The van der Waals surface area contributed by atoms with E-state index in [1.54, 1.807) is 0 Å². The third kappa shape index (κ3) is 1.77. The first-order valence-corrected chi connectivity index (χ1v) is 22.2. The first kappa shape index (κ1) is 32.5. The molecule has 0 unspecified atom stereocenters. The van der Waals surface area contributed by atoms with E-state index < -0.39 is 5.97 Å². The molecule has 0 aromatic rings. The van der Waals surface area contributed by atoms with E-state index in [0.29, 0.717) is 142 Å². The standard InChI is InChI=1S/C12H12O4.C11H11NO3.C11H9NO2.C11H10O4/c1-15-9(13)11-3-6-4(11)8-5(11)7(3)12(6,8)10(14)16-2;1-15-9(14)11-5-2-6(11)4-7(11)3(5)10(2,4)8(12)13;1-14-9(13)11-6-3-7(11)5-8(11)4(6)10(3,5)2-12;1-15-9(14)11-5-2-6(11)4-7(11)3(5)10(2,4)8(12)13/h3-8H,1-2H3;2-7H,1H3,(H2,12,13);3-8H,1H3;2-7H,1H3,(H,12,13). The summed E-state index contributed by atoms with van der Waals surface area (Å²) in [5.41, 5.74) is 4.39. The summed E-state index contributed by atoms with van der Waals surface area (Å²) >= 11 is 0. The van der Waals surface area contributed by atoms with Crippen LogP contribution in [0.2, 0.25) is 0 Å². The van der Waals surface area contributed by atoms with E-state index in [4.69, 9.17) is 34.7 Å². The van der Waals surface area contributed by atoms with Crippen molar-refractivity contribution in [2.45, 2.75) is 0 Å². The van der Waals surface area contributed by atoms with Crippen molar-refractivity contribution in [2.24, 2.45) is 191 Å². The molecule has 15 nitrogen and oxygen atoms in total. The SMILES string of the molecule is COC(=O)C12C3C4C1C1C2C3C41C#N.COC(=O)C12C3C4C1C1C2C3C41C(=O)O.COC(=O)C12C3C4C1C1C2C3C41C(=O)OC.COC(=O)C12C3C4C1C1C2C3C41C(N)=O. The Balaban J connectivity index is 0.0000000714. The molecule has 24 aliphatic rings. The van der Waals surface area contributed by atoms with E-state index in [-0.39, 0.29) is 79.1 Å². The fraction of sp³-hybridized carbons (Fsp3) is 0.822. The Morgan fingerprint density at radius 3 is 0.733 bits per heavy atom. The van der Waals surface area contributed by atoms with Gasteiger partial charge in [0.15, 0.2) is 0 Å². The third-order valence-corrected chi connectivity index (χ3v) is 26.2. The van der Waals surface area contributed by atoms with Crippen molar-refractivity contribution in [1.82, 2.24) is 0 Å². The molecule has 0 heterocycles. The zero-order valence-corrected chi connectivity index (χ0v) is 33.2. The highest BCUT2D eigenvalue weighted by molar-refractivity contribution is 5.99. The molecule has 0 aliphatic heterocycles. The minimum atomic E-state index is -0.607. The highest BCUT2D eigenvalue weighted by Crippen LogP contribution is 3.13. The second-order valence-corrected chi connectivity index (χ2v) is 23.3. The minimum absolute atomic E-state index is 0.0191. The van der Waals surface area contributed by atoms with Gasteiger partial charge in [-0.25, -0.2) is 0 Å². The van der Waals surface area contributed by atoms with E-state index in [9.17, 15) is 38.7 Å². The van der Waals surface area contributed by atoms with Crippen LogP contribution in [0.3, 0.4) is 0 Å². The van der Waals surface area contributed by atoms with Crippen molar-refractivity contribution < 1.29 is 62.4 Å². The van der Waals surface area contributed by atoms with Crippen LogP contribution in [0.1, 0.15) is 0 Å². The maximum absolute atomic E-state index is 11.8. The Morgan fingerprint density at radius 1 is 0.383 bits per heavy atom. The van der Waals surface area contributed by atoms with Gasteiger partial charge in [-0.15, -0.1) is 0 Å². The molecule has 0 atom stereocenters. The number of methoxy groups -OCH3 is 5. The van der Waals surface area contributed by atoms with E-state index in [1.807, 2.05) is 0 Å². The number of primary amides is 1. The Labute approximate surface area is 341 Å². The lowest BCUT2D eigenvalue weighted by atomic mass is 8.92. The lowest BCUT2D eigenvalue weighted by Crippen LogP contribution is -3.12. The molecule has 0 bridgehead atoms. The predicted octanol–water partition coefficient (Wildman–Crippen LogP) is -0.144. The third-order valence-electron chi connectivity index (χ3n) is 26.2. The molecule has 24 saturated carbocycles. The van der Waals surface area contributed by atoms with Gasteiger partial charge in [-0.1, -0.05) is 0 Å². The number of ether oxygens (including phenoxy) is 5. The molecule has 60 heavy (non-hydrogen) atoms. The van der Waals surface area contributed by atoms with Crippen molar-refractivity contribution in [3.8, 4) is 6.07 Å². The van der Waals surface area contributed by atoms with Crippen LogP contribution in [-0.2, 0) is 57.2 Å². The average Bonchev–Trinajstić information content (AvgIpc) is 3.29. The Hall–Kier alpha value is -4.22. The first-order chi connectivity index (χ1) is 28.8. The Morgan fingerprint density at radius 2 is 0.567 bits per heavy atom. The van der Waals surface area contributed by atoms with Crippen molar-refractivity contribution in [3.63, 3.8) is 0 Å². The number of carboxylic acid groups (broad SMARTS) is 1. The van der Waals surface area contributed by atoms with Crippen LogP contribution in [0.5, 0.6) is 0 Å². The van der Waals surface area contributed by atoms with E-state index in [0.717, 1.165) is 0 Å². The van der Waals surface area contributed by atoms with Gasteiger partial charge in [0.05, 0.1) is 84.9 Å². The second kappa shape index (κ2) is 7.77. The van der Waals surface area contributed by atoms with E-state index in [2.05, 4.69) is 6.07 Å². The molecule has 1 amide bonds. The lowest BCUT2D eigenvalue weighted by Gasteiger charge is -3.09. The molecule has 24 aliphatic carbocycles. The van der Waals surface area contributed by atoms with Crippen LogP contribution in [0, 0.1) is 197 Å². The van der Waals surface area contributed by atoms with Gasteiger partial charge < -0.3 is 34.5 Å². The van der Waals surface area contributed by atoms with Gasteiger partial charge in [-0.2, -0.15) is 5.26 Å². The van der Waals surface area contributed by atoms with Crippen LogP contribution >= 0.6 is 0 Å². The van der Waals surface area contributed by atoms with Gasteiger partial charge in [0.25, 0.3) is 0 Å². The molecule has 15 heteroatoms. The predicted molar refractivity (Wildman–Crippen MR) is 186 cm³/mol. The number of carbonyl (C=O) groups is 7. The van der Waals surface area contributed by atoms with Crippen molar-refractivity contribution in [1.29, 1.82) is 5.26 Å². The maximum Gasteiger partial charge on any atom is 0.312 e. The second-order valence-electron chi connectivity index (χ2n) is 23.3. The van der Waals surface area contributed by atoms with Crippen LogP contribution in [0.25, 0.3) is 0 Å². The number of amides is 1. The van der Waals surface area contributed by atoms with Gasteiger partial charge in [0, 0.05) is 0 Å². The van der Waals surface area contributed by atoms with Crippen LogP contribution < -0.4 is 5.73 Å². The molecule has 0 aromatic carbocycles. The topological polar surface area (TPSA) is 236 Å². The molecular formula is C45H42N2O13. The van der Waals surface area contributed by atoms with E-state index in [1.165, 1.54) is 35.5 Å². The highest BCUT2D eigenvalue weighted by Gasteiger charge is 3.16. The molecule has 24 fully saturated rings. The molecule has 0 radical (unpaired) electrons. The van der Waals surface area contributed by atoms with Gasteiger partial charge in [0.2, 0.25) is 5.91 Å². The minimum Gasteiger partial charge on any atom is -0.481 e. The van der Waals surface area contributed by atoms with E-state index >= 15 is 0 Å². The van der Waals surface area contributed by atoms with Crippen LogP contribution in [0.4, 0.5) is 0 Å². The van der Waals surface area contributed by atoms with Crippen molar-refractivity contribution >= 4 is 41.7 Å². The fourth-order valence-corrected chi connectivity index (χ4v) is 26.2. The number of nitrogens with zero attached hydrogens (tertiary/aromatic N) is 1. The van der Waals surface area contributed by atoms with Crippen molar-refractivity contribution in [3.05, 3.63) is 0 Å². The fourth-order valence-electron chi connectivity index (χ4n) is 26.2. The number of hydrogen-bond acceptors (Lipinski definition) is 13. The van der Waals surface area contributed by atoms with Gasteiger partial charge >= 0.3 is 35.8 Å². The summed E-state index contributed by atoms with van der Waals surface area (Å²) in [4.78, 5) is 81.4. The largest absolute Gasteiger partial charge is 0.481 e. The molecule has 0 spiro atoms. The summed E-state index contributed by atoms with van der Waals surface area (Å²) in [5, 5.41) is 18.4. The number of nitrogens with two attached hydrogens (primary N) is 1. The molecule has 0 saturated heterocycles. The summed E-state index contributed by atoms with van der Waals surface area (Å²) < 4.78 is 24.5. The maximum atomic E-state index is 11.8. The summed E-state index contributed by atoms with van der Waals surface area (Å²) in [7, 11) is 7.34. The zero-order valence-electron chi connectivity index (χ0n) is 33.2. The Bertz CT molecular complexity index is 2220. The molecule has 310 valence electrons. The lowest BCUT2D eigenvalue weighted by molar-refractivity contribution is -0.628. The van der Waals surface area contributed by atoms with Crippen LogP contribution in [0.15, 0.2) is 0 Å². The van der Waals surface area contributed by atoms with Crippen LogP contribution in [-0.4, -0.2) is 82.4 Å². The highest BCUT2D eigenvalue weighted by atomic mass is 16.5. The summed E-state index contributed by atoms with van der Waals surface area (Å²) in [6.45, 7) is 0. The first-order valence-electron chi connectivity index (χ1n) is 22.2. The number of hydrogen-bond donors (Lipinski definition) is 2. The number of carboxylic acids is 1. The Kier molecular flexibility index (Phi) is 4.21. The normalized spacial score (nSPS) is 72.2. The molecular weight excluding hydrogens is 776 g/mol. The van der Waals surface area contributed by atoms with Crippen molar-refractivity contribution in [2.75, 3.05) is 35.5 Å². The molecule has 24 rings (SSSR count). The summed E-state index contributed by atoms with van der Waals surface area (Å²) in [6, 6.07) is 2.51. The monoisotopic (exact) mass is 818 g/mol.